The predicted octanol–water partition coefficient (Wildman–Crippen LogP) is -0.974. The van der Waals surface area contributed by atoms with Crippen molar-refractivity contribution in [1.82, 2.24) is 19.5 Å². The van der Waals surface area contributed by atoms with Crippen LogP contribution in [0.5, 0.6) is 0 Å². The lowest BCUT2D eigenvalue weighted by Gasteiger charge is -2.01. The Hall–Kier alpha value is -2.13. The van der Waals surface area contributed by atoms with Crippen LogP contribution < -0.4 is 5.14 Å². The number of hydrogen-bond donors (Lipinski definition) is 1. The van der Waals surface area contributed by atoms with E-state index in [0.717, 1.165) is 4.57 Å². The van der Waals surface area contributed by atoms with Crippen molar-refractivity contribution in [2.24, 2.45) is 5.14 Å². The van der Waals surface area contributed by atoms with Gasteiger partial charge in [-0.1, -0.05) is 0 Å². The molecule has 0 fully saturated rings. The Bertz CT molecular complexity index is 663. The molecule has 0 radical (unpaired) electrons. The van der Waals surface area contributed by atoms with E-state index in [2.05, 4.69) is 15.0 Å². The van der Waals surface area contributed by atoms with Crippen molar-refractivity contribution in [3.8, 4) is 11.5 Å². The van der Waals surface area contributed by atoms with E-state index in [1.807, 2.05) is 0 Å². The maximum atomic E-state index is 11.1. The molecule has 0 unspecified atom stereocenters. The van der Waals surface area contributed by atoms with Gasteiger partial charge in [-0.15, -0.1) is 0 Å². The highest BCUT2D eigenvalue weighted by molar-refractivity contribution is 7.89. The SMILES string of the molecule is NS(=O)(=O)c1nccc(-c2nccn2C=O)n1. The number of rotatable bonds is 3. The Morgan fingerprint density at radius 3 is 2.71 bits per heavy atom. The monoisotopic (exact) mass is 253 g/mol. The Balaban J connectivity index is 2.58. The van der Waals surface area contributed by atoms with Gasteiger partial charge in [0.2, 0.25) is 6.41 Å². The summed E-state index contributed by atoms with van der Waals surface area (Å²) in [4.78, 5) is 21.8. The third-order valence-electron chi connectivity index (χ3n) is 1.90. The van der Waals surface area contributed by atoms with Crippen LogP contribution in [0.1, 0.15) is 0 Å². The van der Waals surface area contributed by atoms with Gasteiger partial charge in [-0.2, -0.15) is 0 Å². The molecule has 0 saturated heterocycles. The second kappa shape index (κ2) is 4.03. The number of primary sulfonamides is 1. The number of carbonyl (C=O) groups is 1. The number of sulfonamides is 1. The molecule has 2 heterocycles. The van der Waals surface area contributed by atoms with Gasteiger partial charge in [0.05, 0.1) is 0 Å². The smallest absolute Gasteiger partial charge is 0.273 e. The van der Waals surface area contributed by atoms with Crippen LogP contribution in [0.25, 0.3) is 11.5 Å². The highest BCUT2D eigenvalue weighted by Crippen LogP contribution is 2.13. The van der Waals surface area contributed by atoms with Gasteiger partial charge in [0.25, 0.3) is 15.2 Å². The zero-order chi connectivity index (χ0) is 12.5. The van der Waals surface area contributed by atoms with Crippen molar-refractivity contribution in [2.75, 3.05) is 0 Å². The molecule has 0 amide bonds. The Labute approximate surface area is 96.2 Å². The van der Waals surface area contributed by atoms with Crippen LogP contribution in [0.4, 0.5) is 0 Å². The average molecular weight is 253 g/mol. The standard InChI is InChI=1S/C8H7N5O3S/c9-17(15,16)8-11-2-1-6(12-8)7-10-3-4-13(7)5-14/h1-5H,(H2,9,15,16). The van der Waals surface area contributed by atoms with Crippen molar-refractivity contribution in [2.45, 2.75) is 5.16 Å². The molecule has 0 aliphatic heterocycles. The number of imidazole rings is 1. The Kier molecular flexibility index (Phi) is 2.69. The predicted molar refractivity (Wildman–Crippen MR) is 56.8 cm³/mol. The van der Waals surface area contributed by atoms with Crippen LogP contribution in [0.15, 0.2) is 29.8 Å². The molecule has 2 aromatic heterocycles. The van der Waals surface area contributed by atoms with E-state index in [1.165, 1.54) is 24.7 Å². The number of nitrogens with two attached hydrogens (primary N) is 1. The quantitative estimate of drug-likeness (QED) is 0.554. The normalized spacial score (nSPS) is 11.4. The largest absolute Gasteiger partial charge is 0.278 e. The Morgan fingerprint density at radius 1 is 1.29 bits per heavy atom. The molecule has 88 valence electrons. The van der Waals surface area contributed by atoms with Crippen molar-refractivity contribution >= 4 is 16.4 Å². The second-order valence-electron chi connectivity index (χ2n) is 3.03. The molecule has 0 saturated carbocycles. The van der Waals surface area contributed by atoms with E-state index in [0.29, 0.717) is 6.41 Å². The minimum atomic E-state index is -3.98. The van der Waals surface area contributed by atoms with Crippen LogP contribution in [0.2, 0.25) is 0 Å². The fourth-order valence-corrected chi connectivity index (χ4v) is 1.63. The van der Waals surface area contributed by atoms with Crippen molar-refractivity contribution < 1.29 is 13.2 Å². The summed E-state index contributed by atoms with van der Waals surface area (Å²) in [5.74, 6) is 0.215. The number of nitrogens with zero attached hydrogens (tertiary/aromatic N) is 4. The number of hydrogen-bond acceptors (Lipinski definition) is 6. The van der Waals surface area contributed by atoms with Crippen molar-refractivity contribution in [3.63, 3.8) is 0 Å². The zero-order valence-electron chi connectivity index (χ0n) is 8.39. The first kappa shape index (κ1) is 11.4. The lowest BCUT2D eigenvalue weighted by molar-refractivity contribution is 0.547. The first-order valence-electron chi connectivity index (χ1n) is 4.37. The summed E-state index contributed by atoms with van der Waals surface area (Å²) in [7, 11) is -3.98. The average Bonchev–Trinajstić information content (AvgIpc) is 2.76. The van der Waals surface area contributed by atoms with E-state index in [9.17, 15) is 13.2 Å². The van der Waals surface area contributed by atoms with E-state index in [-0.39, 0.29) is 11.5 Å². The zero-order valence-corrected chi connectivity index (χ0v) is 9.20. The molecule has 2 rings (SSSR count). The summed E-state index contributed by atoms with van der Waals surface area (Å²) in [5, 5.41) is 4.38. The molecule has 17 heavy (non-hydrogen) atoms. The summed E-state index contributed by atoms with van der Waals surface area (Å²) in [5.41, 5.74) is 0.195. The van der Waals surface area contributed by atoms with Gasteiger partial charge in [0.15, 0.2) is 5.82 Å². The summed E-state index contributed by atoms with van der Waals surface area (Å²) < 4.78 is 23.3. The van der Waals surface area contributed by atoms with Gasteiger partial charge < -0.3 is 0 Å². The van der Waals surface area contributed by atoms with Crippen LogP contribution in [-0.2, 0) is 14.8 Å². The topological polar surface area (TPSA) is 121 Å². The molecule has 0 aliphatic rings. The Morgan fingerprint density at radius 2 is 2.06 bits per heavy atom. The number of carbonyl (C=O) groups excluding carboxylic acids is 1. The van der Waals surface area contributed by atoms with E-state index >= 15 is 0 Å². The van der Waals surface area contributed by atoms with E-state index in [4.69, 9.17) is 5.14 Å². The van der Waals surface area contributed by atoms with Gasteiger partial charge in [-0.25, -0.2) is 28.5 Å². The first-order chi connectivity index (χ1) is 8.02. The van der Waals surface area contributed by atoms with Crippen LogP contribution >= 0.6 is 0 Å². The summed E-state index contributed by atoms with van der Waals surface area (Å²) >= 11 is 0. The van der Waals surface area contributed by atoms with Crippen LogP contribution in [-0.4, -0.2) is 34.3 Å². The highest BCUT2D eigenvalue weighted by Gasteiger charge is 2.14. The molecular formula is C8H7N5O3S. The van der Waals surface area contributed by atoms with Crippen LogP contribution in [0, 0.1) is 0 Å². The molecule has 9 heteroatoms. The van der Waals surface area contributed by atoms with Gasteiger partial charge >= 0.3 is 0 Å². The maximum absolute atomic E-state index is 11.1. The van der Waals surface area contributed by atoms with E-state index < -0.39 is 15.2 Å². The van der Waals surface area contributed by atoms with Crippen molar-refractivity contribution in [1.29, 1.82) is 0 Å². The number of aromatic nitrogens is 4. The van der Waals surface area contributed by atoms with Crippen molar-refractivity contribution in [3.05, 3.63) is 24.7 Å². The van der Waals surface area contributed by atoms with Gasteiger partial charge in [-0.05, 0) is 6.07 Å². The molecule has 2 aromatic rings. The third-order valence-corrected chi connectivity index (χ3v) is 2.60. The third kappa shape index (κ3) is 2.19. The summed E-state index contributed by atoms with van der Waals surface area (Å²) in [6.45, 7) is 0. The fraction of sp³-hybridized carbons (Fsp3) is 0. The molecule has 0 aliphatic carbocycles. The maximum Gasteiger partial charge on any atom is 0.273 e. The van der Waals surface area contributed by atoms with E-state index in [1.54, 1.807) is 0 Å². The molecule has 8 nitrogen and oxygen atoms in total. The van der Waals surface area contributed by atoms with Gasteiger partial charge in [0.1, 0.15) is 5.69 Å². The summed E-state index contributed by atoms with van der Waals surface area (Å²) in [6, 6.07) is 1.43. The van der Waals surface area contributed by atoms with Crippen LogP contribution in [0.3, 0.4) is 0 Å². The second-order valence-corrected chi connectivity index (χ2v) is 4.49. The molecular weight excluding hydrogens is 246 g/mol. The summed E-state index contributed by atoms with van der Waals surface area (Å²) in [6.07, 6.45) is 4.57. The lowest BCUT2D eigenvalue weighted by atomic mass is 10.4. The molecule has 0 atom stereocenters. The highest BCUT2D eigenvalue weighted by atomic mass is 32.2. The first-order valence-corrected chi connectivity index (χ1v) is 5.91. The molecule has 0 bridgehead atoms. The molecule has 0 aromatic carbocycles. The lowest BCUT2D eigenvalue weighted by Crippen LogP contribution is -2.16. The molecule has 0 spiro atoms. The minimum absolute atomic E-state index is 0.195. The fourth-order valence-electron chi connectivity index (χ4n) is 1.20. The van der Waals surface area contributed by atoms with Gasteiger partial charge in [0, 0.05) is 18.6 Å². The minimum Gasteiger partial charge on any atom is -0.278 e. The van der Waals surface area contributed by atoms with Gasteiger partial charge in [-0.3, -0.25) is 9.36 Å². The molecule has 2 N–H and O–H groups in total.